The summed E-state index contributed by atoms with van der Waals surface area (Å²) in [4.78, 5) is 24.3. The van der Waals surface area contributed by atoms with E-state index in [-0.39, 0.29) is 5.82 Å². The van der Waals surface area contributed by atoms with Crippen LogP contribution in [0.1, 0.15) is 10.4 Å². The summed E-state index contributed by atoms with van der Waals surface area (Å²) >= 11 is 0. The Labute approximate surface area is 105 Å². The van der Waals surface area contributed by atoms with Crippen molar-refractivity contribution in [2.75, 3.05) is 19.0 Å². The molecular weight excluding hydrogens is 268 g/mol. The Morgan fingerprint density at radius 3 is 2.74 bits per heavy atom. The van der Waals surface area contributed by atoms with Crippen molar-refractivity contribution < 1.29 is 28.3 Å². The first-order chi connectivity index (χ1) is 8.86. The molecule has 0 saturated carbocycles. The quantitative estimate of drug-likeness (QED) is 0.596. The number of hydrogen-bond donors (Lipinski definition) is 2. The second-order valence-corrected chi connectivity index (χ2v) is 3.22. The lowest BCUT2D eigenvalue weighted by atomic mass is 10.2. The van der Waals surface area contributed by atoms with Gasteiger partial charge in [-0.15, -0.1) is 0 Å². The number of ether oxygens (including phenoxy) is 1. The number of aromatic carboxylic acids is 1. The number of carboxylic acid groups (broad SMARTS) is 1. The molecule has 19 heavy (non-hydrogen) atoms. The molecule has 0 bridgehead atoms. The molecule has 0 saturated heterocycles. The topological polar surface area (TPSA) is 115 Å². The number of nitro groups is 1. The van der Waals surface area contributed by atoms with Crippen LogP contribution in [0.15, 0.2) is 6.07 Å². The molecule has 0 aliphatic rings. The van der Waals surface area contributed by atoms with Gasteiger partial charge in [0.15, 0.2) is 6.61 Å². The number of nitrogens with zero attached hydrogens (tertiary/aromatic N) is 2. The number of halogens is 2. The number of anilines is 1. The summed E-state index contributed by atoms with van der Waals surface area (Å²) in [6.07, 6.45) is -2.82. The molecule has 104 valence electrons. The zero-order chi connectivity index (χ0) is 14.6. The van der Waals surface area contributed by atoms with Crippen molar-refractivity contribution in [2.45, 2.75) is 6.43 Å². The minimum Gasteiger partial charge on any atom is -0.477 e. The summed E-state index contributed by atoms with van der Waals surface area (Å²) < 4.78 is 28.6. The van der Waals surface area contributed by atoms with E-state index in [0.717, 1.165) is 0 Å². The summed E-state index contributed by atoms with van der Waals surface area (Å²) in [5.74, 6) is -2.45. The molecule has 0 aliphatic carbocycles. The van der Waals surface area contributed by atoms with Gasteiger partial charge in [0.05, 0.1) is 4.92 Å². The Morgan fingerprint density at radius 2 is 2.32 bits per heavy atom. The first-order valence-corrected chi connectivity index (χ1v) is 4.88. The molecule has 2 N–H and O–H groups in total. The predicted octanol–water partition coefficient (Wildman–Crippen LogP) is 1.37. The van der Waals surface area contributed by atoms with E-state index < -0.39 is 41.1 Å². The van der Waals surface area contributed by atoms with Crippen LogP contribution >= 0.6 is 0 Å². The Kier molecular flexibility index (Phi) is 4.51. The summed E-state index contributed by atoms with van der Waals surface area (Å²) in [7, 11) is 1.31. The second kappa shape index (κ2) is 5.89. The summed E-state index contributed by atoms with van der Waals surface area (Å²) in [5.41, 5.74) is -1.25. The number of carbonyl (C=O) groups is 1. The molecule has 10 heteroatoms. The van der Waals surface area contributed by atoms with Gasteiger partial charge in [-0.25, -0.2) is 13.6 Å². The molecule has 0 radical (unpaired) electrons. The monoisotopic (exact) mass is 277 g/mol. The van der Waals surface area contributed by atoms with E-state index in [1.165, 1.54) is 7.05 Å². The average Bonchev–Trinajstić information content (AvgIpc) is 2.34. The third-order valence-corrected chi connectivity index (χ3v) is 1.98. The second-order valence-electron chi connectivity index (χ2n) is 3.22. The van der Waals surface area contributed by atoms with Gasteiger partial charge in [-0.2, -0.15) is 4.98 Å². The maximum atomic E-state index is 12.0. The lowest BCUT2D eigenvalue weighted by Crippen LogP contribution is -2.13. The highest BCUT2D eigenvalue weighted by Gasteiger charge is 2.24. The van der Waals surface area contributed by atoms with Gasteiger partial charge in [-0.3, -0.25) is 10.1 Å². The number of alkyl halides is 2. The summed E-state index contributed by atoms with van der Waals surface area (Å²) in [5, 5.41) is 21.9. The molecule has 0 atom stereocenters. The highest BCUT2D eigenvalue weighted by Crippen LogP contribution is 2.29. The smallest absolute Gasteiger partial charge is 0.341 e. The van der Waals surface area contributed by atoms with Gasteiger partial charge in [0.1, 0.15) is 5.56 Å². The lowest BCUT2D eigenvalue weighted by Gasteiger charge is -2.09. The van der Waals surface area contributed by atoms with E-state index in [1.54, 1.807) is 0 Å². The zero-order valence-electron chi connectivity index (χ0n) is 9.59. The molecule has 0 spiro atoms. The Balaban J connectivity index is 3.28. The van der Waals surface area contributed by atoms with Crippen molar-refractivity contribution in [3.63, 3.8) is 0 Å². The number of rotatable bonds is 6. The predicted molar refractivity (Wildman–Crippen MR) is 58.9 cm³/mol. The maximum Gasteiger partial charge on any atom is 0.341 e. The Morgan fingerprint density at radius 1 is 1.68 bits per heavy atom. The lowest BCUT2D eigenvalue weighted by molar-refractivity contribution is -0.384. The third-order valence-electron chi connectivity index (χ3n) is 1.98. The van der Waals surface area contributed by atoms with Crippen LogP contribution in [-0.4, -0.2) is 41.1 Å². The fourth-order valence-corrected chi connectivity index (χ4v) is 1.21. The van der Waals surface area contributed by atoms with Gasteiger partial charge in [-0.1, -0.05) is 0 Å². The molecule has 0 amide bonds. The fraction of sp³-hybridized carbons (Fsp3) is 0.333. The fourth-order valence-electron chi connectivity index (χ4n) is 1.21. The SMILES string of the molecule is CNc1nc(OCC(F)F)c(C(=O)O)cc1[N+](=O)[O-]. The van der Waals surface area contributed by atoms with Crippen molar-refractivity contribution in [2.24, 2.45) is 0 Å². The minimum atomic E-state index is -2.82. The van der Waals surface area contributed by atoms with Crippen LogP contribution in [0.4, 0.5) is 20.3 Å². The molecule has 0 unspecified atom stereocenters. The van der Waals surface area contributed by atoms with E-state index in [2.05, 4.69) is 15.0 Å². The van der Waals surface area contributed by atoms with E-state index in [9.17, 15) is 23.7 Å². The van der Waals surface area contributed by atoms with E-state index in [4.69, 9.17) is 5.11 Å². The van der Waals surface area contributed by atoms with Crippen molar-refractivity contribution in [3.05, 3.63) is 21.7 Å². The van der Waals surface area contributed by atoms with Crippen LogP contribution in [0.25, 0.3) is 0 Å². The molecule has 1 heterocycles. The Hall–Kier alpha value is -2.52. The standard InChI is InChI=1S/C9H9F2N3O5/c1-12-7-5(14(17)18)2-4(9(15)16)8(13-7)19-3-6(10)11/h2,6H,3H2,1H3,(H,12,13)(H,15,16). The van der Waals surface area contributed by atoms with Gasteiger partial charge < -0.3 is 15.2 Å². The average molecular weight is 277 g/mol. The highest BCUT2D eigenvalue weighted by molar-refractivity contribution is 5.92. The van der Waals surface area contributed by atoms with Crippen LogP contribution in [0.3, 0.4) is 0 Å². The van der Waals surface area contributed by atoms with Gasteiger partial charge in [0.25, 0.3) is 6.43 Å². The molecule has 0 fully saturated rings. The number of nitrogens with one attached hydrogen (secondary N) is 1. The van der Waals surface area contributed by atoms with Crippen LogP contribution in [0, 0.1) is 10.1 Å². The number of carboxylic acids is 1. The number of pyridine rings is 1. The normalized spacial score (nSPS) is 10.3. The van der Waals surface area contributed by atoms with Gasteiger partial charge in [0.2, 0.25) is 11.7 Å². The first kappa shape index (κ1) is 14.5. The van der Waals surface area contributed by atoms with Crippen LogP contribution in [-0.2, 0) is 0 Å². The molecule has 1 aromatic rings. The van der Waals surface area contributed by atoms with Crippen molar-refractivity contribution in [1.29, 1.82) is 0 Å². The Bertz CT molecular complexity index is 509. The van der Waals surface area contributed by atoms with Crippen LogP contribution in [0.5, 0.6) is 5.88 Å². The third kappa shape index (κ3) is 3.47. The number of aromatic nitrogens is 1. The molecular formula is C9H9F2N3O5. The van der Waals surface area contributed by atoms with Crippen molar-refractivity contribution in [1.82, 2.24) is 4.98 Å². The van der Waals surface area contributed by atoms with Gasteiger partial charge in [-0.05, 0) is 0 Å². The minimum absolute atomic E-state index is 0.278. The highest BCUT2D eigenvalue weighted by atomic mass is 19.3. The molecule has 1 aromatic heterocycles. The first-order valence-electron chi connectivity index (χ1n) is 4.88. The van der Waals surface area contributed by atoms with Gasteiger partial charge in [0, 0.05) is 13.1 Å². The largest absolute Gasteiger partial charge is 0.477 e. The van der Waals surface area contributed by atoms with Crippen molar-refractivity contribution in [3.8, 4) is 5.88 Å². The molecule has 0 aromatic carbocycles. The van der Waals surface area contributed by atoms with Gasteiger partial charge >= 0.3 is 11.7 Å². The summed E-state index contributed by atoms with van der Waals surface area (Å²) in [6.45, 7) is -1.06. The van der Waals surface area contributed by atoms with Crippen LogP contribution in [0.2, 0.25) is 0 Å². The maximum absolute atomic E-state index is 12.0. The molecule has 8 nitrogen and oxygen atoms in total. The number of hydrogen-bond acceptors (Lipinski definition) is 6. The van der Waals surface area contributed by atoms with Crippen LogP contribution < -0.4 is 10.1 Å². The van der Waals surface area contributed by atoms with E-state index >= 15 is 0 Å². The zero-order valence-corrected chi connectivity index (χ0v) is 9.59. The van der Waals surface area contributed by atoms with E-state index in [1.807, 2.05) is 0 Å². The summed E-state index contributed by atoms with van der Waals surface area (Å²) in [6, 6.07) is 0.696. The molecule has 1 rings (SSSR count). The van der Waals surface area contributed by atoms with Crippen molar-refractivity contribution >= 4 is 17.5 Å². The van der Waals surface area contributed by atoms with E-state index in [0.29, 0.717) is 6.07 Å². The molecule has 0 aliphatic heterocycles.